The normalized spacial score (nSPS) is 10.5. The standard InChI is InChI=1S/C17H12F2N2O3S2/c18-10-3-4-13(19)12(6-10)14-9-26-17(20-14)21-15(22)8-24-16(23)7-11-2-1-5-25-11/h1-6,9H,7-8H2,(H,20,21,22). The van der Waals surface area contributed by atoms with Gasteiger partial charge in [-0.1, -0.05) is 6.07 Å². The summed E-state index contributed by atoms with van der Waals surface area (Å²) in [6.45, 7) is -0.451. The first-order chi connectivity index (χ1) is 12.5. The third-order valence-electron chi connectivity index (χ3n) is 3.22. The largest absolute Gasteiger partial charge is 0.455 e. The van der Waals surface area contributed by atoms with Crippen molar-refractivity contribution in [3.05, 3.63) is 57.6 Å². The molecule has 1 aromatic carbocycles. The number of esters is 1. The van der Waals surface area contributed by atoms with Gasteiger partial charge in [-0.25, -0.2) is 13.8 Å². The number of rotatable bonds is 6. The van der Waals surface area contributed by atoms with Crippen LogP contribution in [0, 0.1) is 11.6 Å². The van der Waals surface area contributed by atoms with Crippen LogP contribution >= 0.6 is 22.7 Å². The minimum Gasteiger partial charge on any atom is -0.455 e. The molecule has 0 atom stereocenters. The van der Waals surface area contributed by atoms with Crippen molar-refractivity contribution in [1.29, 1.82) is 0 Å². The van der Waals surface area contributed by atoms with E-state index in [2.05, 4.69) is 10.3 Å². The molecule has 9 heteroatoms. The molecule has 0 fully saturated rings. The van der Waals surface area contributed by atoms with Crippen LogP contribution < -0.4 is 5.32 Å². The number of aromatic nitrogens is 1. The lowest BCUT2D eigenvalue weighted by molar-refractivity contribution is -0.146. The molecule has 0 aliphatic heterocycles. The molecule has 0 aliphatic rings. The molecule has 0 aliphatic carbocycles. The van der Waals surface area contributed by atoms with Crippen molar-refractivity contribution in [2.24, 2.45) is 0 Å². The van der Waals surface area contributed by atoms with Gasteiger partial charge in [-0.2, -0.15) is 0 Å². The Labute approximate surface area is 155 Å². The number of ether oxygens (including phenoxy) is 1. The van der Waals surface area contributed by atoms with E-state index in [0.717, 1.165) is 34.4 Å². The average Bonchev–Trinajstić information content (AvgIpc) is 3.27. The number of carbonyl (C=O) groups excluding carboxylic acids is 2. The van der Waals surface area contributed by atoms with E-state index >= 15 is 0 Å². The van der Waals surface area contributed by atoms with Gasteiger partial charge in [0.05, 0.1) is 12.1 Å². The van der Waals surface area contributed by atoms with Gasteiger partial charge >= 0.3 is 5.97 Å². The second-order valence-corrected chi connectivity index (χ2v) is 7.02. The number of anilines is 1. The smallest absolute Gasteiger partial charge is 0.311 e. The molecule has 2 aromatic heterocycles. The van der Waals surface area contributed by atoms with Crippen LogP contribution in [0.3, 0.4) is 0 Å². The molecule has 26 heavy (non-hydrogen) atoms. The fraction of sp³-hybridized carbons (Fsp3) is 0.118. The number of halogens is 2. The third-order valence-corrected chi connectivity index (χ3v) is 4.85. The monoisotopic (exact) mass is 394 g/mol. The van der Waals surface area contributed by atoms with Crippen molar-refractivity contribution >= 4 is 39.7 Å². The molecular weight excluding hydrogens is 382 g/mol. The summed E-state index contributed by atoms with van der Waals surface area (Å²) in [4.78, 5) is 28.4. The maximum atomic E-state index is 13.7. The summed E-state index contributed by atoms with van der Waals surface area (Å²) in [5, 5.41) is 6.00. The summed E-state index contributed by atoms with van der Waals surface area (Å²) in [6, 6.07) is 6.67. The molecule has 134 valence electrons. The zero-order chi connectivity index (χ0) is 18.5. The Morgan fingerprint density at radius 1 is 1.19 bits per heavy atom. The van der Waals surface area contributed by atoms with Gasteiger partial charge in [0.15, 0.2) is 11.7 Å². The van der Waals surface area contributed by atoms with Crippen LogP contribution in [0.4, 0.5) is 13.9 Å². The van der Waals surface area contributed by atoms with Gasteiger partial charge < -0.3 is 4.74 Å². The van der Waals surface area contributed by atoms with Gasteiger partial charge in [0.1, 0.15) is 11.6 Å². The number of carbonyl (C=O) groups is 2. The van der Waals surface area contributed by atoms with Crippen molar-refractivity contribution in [3.63, 3.8) is 0 Å². The number of thiazole rings is 1. The lowest BCUT2D eigenvalue weighted by atomic mass is 10.1. The van der Waals surface area contributed by atoms with Crippen LogP contribution in [0.5, 0.6) is 0 Å². The second-order valence-electron chi connectivity index (χ2n) is 5.13. The zero-order valence-electron chi connectivity index (χ0n) is 13.2. The van der Waals surface area contributed by atoms with E-state index < -0.39 is 30.1 Å². The molecule has 1 N–H and O–H groups in total. The Hall–Kier alpha value is -2.65. The predicted octanol–water partition coefficient (Wildman–Crippen LogP) is 3.87. The fourth-order valence-electron chi connectivity index (χ4n) is 2.06. The van der Waals surface area contributed by atoms with Crippen molar-refractivity contribution in [2.45, 2.75) is 6.42 Å². The van der Waals surface area contributed by atoms with Gasteiger partial charge in [0.25, 0.3) is 5.91 Å². The number of thiophene rings is 1. The van der Waals surface area contributed by atoms with Crippen molar-refractivity contribution in [1.82, 2.24) is 4.98 Å². The number of nitrogens with zero attached hydrogens (tertiary/aromatic N) is 1. The molecule has 0 spiro atoms. The first-order valence-corrected chi connectivity index (χ1v) is 9.16. The third kappa shape index (κ3) is 4.70. The molecule has 0 radical (unpaired) electrons. The Morgan fingerprint density at radius 3 is 2.81 bits per heavy atom. The molecule has 3 rings (SSSR count). The number of hydrogen-bond acceptors (Lipinski definition) is 6. The Kier molecular flexibility index (Phi) is 5.69. The van der Waals surface area contributed by atoms with E-state index in [1.807, 2.05) is 11.4 Å². The number of hydrogen-bond donors (Lipinski definition) is 1. The first kappa shape index (κ1) is 18.2. The highest BCUT2D eigenvalue weighted by Gasteiger charge is 2.14. The predicted molar refractivity (Wildman–Crippen MR) is 95.1 cm³/mol. The molecule has 1 amide bonds. The van der Waals surface area contributed by atoms with E-state index in [4.69, 9.17) is 4.74 Å². The molecule has 0 bridgehead atoms. The summed E-state index contributed by atoms with van der Waals surface area (Å²) in [7, 11) is 0. The Morgan fingerprint density at radius 2 is 2.04 bits per heavy atom. The number of nitrogens with one attached hydrogen (secondary N) is 1. The van der Waals surface area contributed by atoms with E-state index in [-0.39, 0.29) is 22.8 Å². The molecule has 0 unspecified atom stereocenters. The summed E-state index contributed by atoms with van der Waals surface area (Å²) in [6.07, 6.45) is 0.102. The van der Waals surface area contributed by atoms with Crippen molar-refractivity contribution in [3.8, 4) is 11.3 Å². The average molecular weight is 394 g/mol. The van der Waals surface area contributed by atoms with E-state index in [1.165, 1.54) is 16.7 Å². The first-order valence-electron chi connectivity index (χ1n) is 7.40. The van der Waals surface area contributed by atoms with Gasteiger partial charge in [-0.05, 0) is 29.6 Å². The van der Waals surface area contributed by atoms with Crippen molar-refractivity contribution < 1.29 is 23.1 Å². The van der Waals surface area contributed by atoms with Crippen LogP contribution in [0.15, 0.2) is 41.1 Å². The van der Waals surface area contributed by atoms with Crippen LogP contribution in [-0.4, -0.2) is 23.5 Å². The van der Waals surface area contributed by atoms with Gasteiger partial charge in [-0.3, -0.25) is 14.9 Å². The van der Waals surface area contributed by atoms with Crippen LogP contribution in [0.2, 0.25) is 0 Å². The maximum Gasteiger partial charge on any atom is 0.311 e. The second kappa shape index (κ2) is 8.15. The van der Waals surface area contributed by atoms with E-state index in [1.54, 1.807) is 6.07 Å². The number of amides is 1. The quantitative estimate of drug-likeness (QED) is 0.645. The zero-order valence-corrected chi connectivity index (χ0v) is 14.8. The molecular formula is C17H12F2N2O3S2. The maximum absolute atomic E-state index is 13.7. The number of benzene rings is 1. The van der Waals surface area contributed by atoms with E-state index in [0.29, 0.717) is 0 Å². The Balaban J connectivity index is 1.54. The topological polar surface area (TPSA) is 68.3 Å². The van der Waals surface area contributed by atoms with Crippen LogP contribution in [-0.2, 0) is 20.7 Å². The molecule has 0 saturated heterocycles. The highest BCUT2D eigenvalue weighted by atomic mass is 32.1. The minimum atomic E-state index is -0.614. The molecule has 0 saturated carbocycles. The fourth-order valence-corrected chi connectivity index (χ4v) is 3.47. The highest BCUT2D eigenvalue weighted by Crippen LogP contribution is 2.27. The highest BCUT2D eigenvalue weighted by molar-refractivity contribution is 7.14. The summed E-state index contributed by atoms with van der Waals surface area (Å²) in [5.74, 6) is -2.27. The summed E-state index contributed by atoms with van der Waals surface area (Å²) in [5.41, 5.74) is 0.209. The minimum absolute atomic E-state index is 0.00382. The molecule has 5 nitrogen and oxygen atoms in total. The van der Waals surface area contributed by atoms with Gasteiger partial charge in [0.2, 0.25) is 0 Å². The van der Waals surface area contributed by atoms with Gasteiger partial charge in [0, 0.05) is 15.8 Å². The van der Waals surface area contributed by atoms with E-state index in [9.17, 15) is 18.4 Å². The van der Waals surface area contributed by atoms with Gasteiger partial charge in [-0.15, -0.1) is 22.7 Å². The molecule has 2 heterocycles. The molecule has 3 aromatic rings. The summed E-state index contributed by atoms with van der Waals surface area (Å²) >= 11 is 2.48. The lowest BCUT2D eigenvalue weighted by Gasteiger charge is -2.04. The van der Waals surface area contributed by atoms with Crippen molar-refractivity contribution in [2.75, 3.05) is 11.9 Å². The summed E-state index contributed by atoms with van der Waals surface area (Å²) < 4.78 is 31.9. The lowest BCUT2D eigenvalue weighted by Crippen LogP contribution is -2.21. The SMILES string of the molecule is O=C(COC(=O)Cc1cccs1)Nc1nc(-c2cc(F)ccc2F)cs1. The van der Waals surface area contributed by atoms with Crippen LogP contribution in [0.25, 0.3) is 11.3 Å². The Bertz CT molecular complexity index is 926. The van der Waals surface area contributed by atoms with Crippen LogP contribution in [0.1, 0.15) is 4.88 Å².